The molecule has 1 aromatic heterocycles. The first-order valence-electron chi connectivity index (χ1n) is 6.17. The van der Waals surface area contributed by atoms with Gasteiger partial charge in [-0.2, -0.15) is 0 Å². The van der Waals surface area contributed by atoms with Crippen molar-refractivity contribution in [3.05, 3.63) is 19.2 Å². The molecular formula is C12H18Br2N2OS. The van der Waals surface area contributed by atoms with Crippen LogP contribution in [-0.2, 0) is 4.74 Å². The summed E-state index contributed by atoms with van der Waals surface area (Å²) in [7, 11) is 0. The Labute approximate surface area is 129 Å². The summed E-state index contributed by atoms with van der Waals surface area (Å²) in [5.41, 5.74) is 5.86. The lowest BCUT2D eigenvalue weighted by molar-refractivity contribution is -0.0664. The molecule has 0 spiro atoms. The van der Waals surface area contributed by atoms with Crippen LogP contribution in [0.1, 0.15) is 24.3 Å². The highest BCUT2D eigenvalue weighted by Gasteiger charge is 2.33. The van der Waals surface area contributed by atoms with E-state index in [9.17, 15) is 0 Å². The van der Waals surface area contributed by atoms with Crippen molar-refractivity contribution in [3.63, 3.8) is 0 Å². The van der Waals surface area contributed by atoms with Crippen molar-refractivity contribution in [1.29, 1.82) is 0 Å². The molecule has 0 bridgehead atoms. The SMILES string of the molecule is CCCN1CCOC(CN)C1c1cc(Br)c(Br)s1. The van der Waals surface area contributed by atoms with Gasteiger partial charge in [-0.15, -0.1) is 11.3 Å². The Morgan fingerprint density at radius 3 is 2.89 bits per heavy atom. The van der Waals surface area contributed by atoms with E-state index < -0.39 is 0 Å². The van der Waals surface area contributed by atoms with E-state index in [0.717, 1.165) is 34.4 Å². The molecule has 2 rings (SSSR count). The molecule has 6 heteroatoms. The highest BCUT2D eigenvalue weighted by Crippen LogP contribution is 2.40. The molecular weight excluding hydrogens is 380 g/mol. The van der Waals surface area contributed by atoms with E-state index in [1.54, 1.807) is 11.3 Å². The van der Waals surface area contributed by atoms with E-state index in [1.807, 2.05) is 0 Å². The van der Waals surface area contributed by atoms with Gasteiger partial charge in [-0.3, -0.25) is 4.90 Å². The summed E-state index contributed by atoms with van der Waals surface area (Å²) < 4.78 is 8.08. The van der Waals surface area contributed by atoms with E-state index in [-0.39, 0.29) is 12.1 Å². The van der Waals surface area contributed by atoms with Crippen molar-refractivity contribution >= 4 is 43.2 Å². The average Bonchev–Trinajstić information content (AvgIpc) is 2.69. The minimum absolute atomic E-state index is 0.0998. The molecule has 0 amide bonds. The summed E-state index contributed by atoms with van der Waals surface area (Å²) in [6.07, 6.45) is 1.25. The van der Waals surface area contributed by atoms with Gasteiger partial charge in [0.2, 0.25) is 0 Å². The molecule has 2 heterocycles. The molecule has 1 fully saturated rings. The maximum atomic E-state index is 5.86. The Kier molecular flexibility index (Phi) is 5.65. The van der Waals surface area contributed by atoms with E-state index >= 15 is 0 Å². The third kappa shape index (κ3) is 3.16. The lowest BCUT2D eigenvalue weighted by atomic mass is 10.1. The number of nitrogens with zero attached hydrogens (tertiary/aromatic N) is 1. The van der Waals surface area contributed by atoms with Gasteiger partial charge in [0.1, 0.15) is 0 Å². The highest BCUT2D eigenvalue weighted by atomic mass is 79.9. The van der Waals surface area contributed by atoms with Crippen molar-refractivity contribution in [2.75, 3.05) is 26.2 Å². The minimum atomic E-state index is 0.0998. The molecule has 1 aliphatic rings. The van der Waals surface area contributed by atoms with Gasteiger partial charge in [0.05, 0.1) is 22.5 Å². The van der Waals surface area contributed by atoms with Crippen LogP contribution in [0.3, 0.4) is 0 Å². The monoisotopic (exact) mass is 396 g/mol. The topological polar surface area (TPSA) is 38.5 Å². The number of nitrogens with two attached hydrogens (primary N) is 1. The van der Waals surface area contributed by atoms with Crippen LogP contribution in [0.5, 0.6) is 0 Å². The van der Waals surface area contributed by atoms with Crippen LogP contribution in [-0.4, -0.2) is 37.2 Å². The van der Waals surface area contributed by atoms with Crippen molar-refractivity contribution in [2.45, 2.75) is 25.5 Å². The van der Waals surface area contributed by atoms with Gasteiger partial charge in [0, 0.05) is 22.4 Å². The summed E-state index contributed by atoms with van der Waals surface area (Å²) in [5.74, 6) is 0. The van der Waals surface area contributed by atoms with E-state index in [1.165, 1.54) is 4.88 Å². The van der Waals surface area contributed by atoms with Gasteiger partial charge in [-0.1, -0.05) is 6.92 Å². The van der Waals surface area contributed by atoms with Crippen molar-refractivity contribution in [3.8, 4) is 0 Å². The smallest absolute Gasteiger partial charge is 0.0902 e. The first kappa shape index (κ1) is 14.9. The fraction of sp³-hybridized carbons (Fsp3) is 0.667. The summed E-state index contributed by atoms with van der Waals surface area (Å²) in [6.45, 7) is 5.65. The van der Waals surface area contributed by atoms with E-state index in [2.05, 4.69) is 49.7 Å². The number of hydrogen-bond acceptors (Lipinski definition) is 4. The average molecular weight is 398 g/mol. The fourth-order valence-corrected chi connectivity index (χ4v) is 4.67. The van der Waals surface area contributed by atoms with Crippen LogP contribution in [0.25, 0.3) is 0 Å². The van der Waals surface area contributed by atoms with Gasteiger partial charge in [0.25, 0.3) is 0 Å². The summed E-state index contributed by atoms with van der Waals surface area (Å²) in [5, 5.41) is 0. The molecule has 2 atom stereocenters. The molecule has 3 nitrogen and oxygen atoms in total. The summed E-state index contributed by atoms with van der Waals surface area (Å²) in [4.78, 5) is 3.81. The van der Waals surface area contributed by atoms with E-state index in [0.29, 0.717) is 6.54 Å². The Balaban J connectivity index is 2.27. The largest absolute Gasteiger partial charge is 0.374 e. The molecule has 102 valence electrons. The number of morpholine rings is 1. The standard InChI is InChI=1S/C12H18Br2N2OS/c1-2-3-16-4-5-17-9(7-15)11(16)10-6-8(13)12(14)18-10/h6,9,11H,2-5,7,15H2,1H3. The maximum Gasteiger partial charge on any atom is 0.0902 e. The first-order chi connectivity index (χ1) is 8.67. The molecule has 1 aliphatic heterocycles. The Bertz CT molecular complexity index is 378. The van der Waals surface area contributed by atoms with E-state index in [4.69, 9.17) is 10.5 Å². The van der Waals surface area contributed by atoms with Gasteiger partial charge in [-0.25, -0.2) is 0 Å². The second-order valence-electron chi connectivity index (χ2n) is 4.40. The maximum absolute atomic E-state index is 5.86. The lowest BCUT2D eigenvalue weighted by Gasteiger charge is -2.40. The highest BCUT2D eigenvalue weighted by molar-refractivity contribution is 9.13. The number of rotatable bonds is 4. The van der Waals surface area contributed by atoms with Gasteiger partial charge >= 0.3 is 0 Å². The molecule has 0 saturated carbocycles. The minimum Gasteiger partial charge on any atom is -0.374 e. The molecule has 2 N–H and O–H groups in total. The van der Waals surface area contributed by atoms with Crippen LogP contribution in [0.2, 0.25) is 0 Å². The fourth-order valence-electron chi connectivity index (χ4n) is 2.39. The molecule has 2 unspecified atom stereocenters. The second kappa shape index (κ2) is 6.81. The third-order valence-corrected chi connectivity index (χ3v) is 6.48. The quantitative estimate of drug-likeness (QED) is 0.846. The number of ether oxygens (including phenoxy) is 1. The molecule has 1 saturated heterocycles. The first-order valence-corrected chi connectivity index (χ1v) is 8.58. The zero-order valence-corrected chi connectivity index (χ0v) is 14.4. The summed E-state index contributed by atoms with van der Waals surface area (Å²) in [6, 6.07) is 2.47. The normalized spacial score (nSPS) is 25.6. The Morgan fingerprint density at radius 2 is 2.33 bits per heavy atom. The predicted molar refractivity (Wildman–Crippen MR) is 83.1 cm³/mol. The molecule has 1 aromatic rings. The number of thiophene rings is 1. The molecule has 0 aromatic carbocycles. The zero-order chi connectivity index (χ0) is 13.1. The van der Waals surface area contributed by atoms with Crippen molar-refractivity contribution in [1.82, 2.24) is 4.90 Å². The van der Waals surface area contributed by atoms with Crippen LogP contribution in [0.15, 0.2) is 14.3 Å². The molecule has 18 heavy (non-hydrogen) atoms. The van der Waals surface area contributed by atoms with Crippen molar-refractivity contribution in [2.24, 2.45) is 5.73 Å². The van der Waals surface area contributed by atoms with Gasteiger partial charge in [0.15, 0.2) is 0 Å². The van der Waals surface area contributed by atoms with Gasteiger partial charge in [-0.05, 0) is 50.9 Å². The number of halogens is 2. The summed E-state index contributed by atoms with van der Waals surface area (Å²) >= 11 is 8.88. The number of hydrogen-bond donors (Lipinski definition) is 1. The van der Waals surface area contributed by atoms with Crippen LogP contribution >= 0.6 is 43.2 Å². The van der Waals surface area contributed by atoms with Crippen molar-refractivity contribution < 1.29 is 4.74 Å². The predicted octanol–water partition coefficient (Wildman–Crippen LogP) is 3.38. The Hall–Kier alpha value is 0.540. The Morgan fingerprint density at radius 1 is 1.56 bits per heavy atom. The lowest BCUT2D eigenvalue weighted by Crippen LogP contribution is -2.48. The molecule has 0 aliphatic carbocycles. The van der Waals surface area contributed by atoms with Crippen LogP contribution in [0, 0.1) is 0 Å². The van der Waals surface area contributed by atoms with Crippen LogP contribution in [0.4, 0.5) is 0 Å². The third-order valence-electron chi connectivity index (χ3n) is 3.15. The van der Waals surface area contributed by atoms with Gasteiger partial charge < -0.3 is 10.5 Å². The molecule has 0 radical (unpaired) electrons. The zero-order valence-electron chi connectivity index (χ0n) is 10.4. The van der Waals surface area contributed by atoms with Crippen LogP contribution < -0.4 is 5.73 Å². The second-order valence-corrected chi connectivity index (χ2v) is 7.65.